The van der Waals surface area contributed by atoms with Crippen molar-refractivity contribution < 1.29 is 12.8 Å². The zero-order valence-corrected chi connectivity index (χ0v) is 11.4. The van der Waals surface area contributed by atoms with Crippen LogP contribution in [0.1, 0.15) is 32.3 Å². The largest absolute Gasteiger partial charge is 0.326 e. The van der Waals surface area contributed by atoms with Gasteiger partial charge < -0.3 is 5.73 Å². The predicted octanol–water partition coefficient (Wildman–Crippen LogP) is 1.75. The van der Waals surface area contributed by atoms with Gasteiger partial charge in [0.2, 0.25) is 10.0 Å². The first-order valence-corrected chi connectivity index (χ1v) is 7.43. The molecule has 6 heteroatoms. The van der Waals surface area contributed by atoms with Gasteiger partial charge in [-0.25, -0.2) is 17.5 Å². The van der Waals surface area contributed by atoms with Crippen LogP contribution in [0, 0.1) is 5.82 Å². The Hall–Kier alpha value is -0.980. The molecule has 0 heterocycles. The summed E-state index contributed by atoms with van der Waals surface area (Å²) in [6.45, 7) is 3.94. The van der Waals surface area contributed by atoms with E-state index in [4.69, 9.17) is 5.73 Å². The lowest BCUT2D eigenvalue weighted by Gasteiger charge is -2.15. The van der Waals surface area contributed by atoms with E-state index in [0.717, 1.165) is 6.07 Å². The first-order valence-electron chi connectivity index (χ1n) is 5.95. The zero-order chi connectivity index (χ0) is 13.8. The van der Waals surface area contributed by atoms with Gasteiger partial charge in [-0.3, -0.25) is 0 Å². The molecule has 0 atom stereocenters. The van der Waals surface area contributed by atoms with Gasteiger partial charge in [-0.1, -0.05) is 19.9 Å². The molecule has 1 aromatic rings. The highest BCUT2D eigenvalue weighted by molar-refractivity contribution is 7.89. The Morgan fingerprint density at radius 2 is 1.94 bits per heavy atom. The summed E-state index contributed by atoms with van der Waals surface area (Å²) < 4.78 is 40.2. The van der Waals surface area contributed by atoms with Crippen molar-refractivity contribution in [1.29, 1.82) is 0 Å². The van der Waals surface area contributed by atoms with Crippen molar-refractivity contribution in [2.75, 3.05) is 0 Å². The number of rotatable bonds is 6. The van der Waals surface area contributed by atoms with E-state index in [9.17, 15) is 12.8 Å². The van der Waals surface area contributed by atoms with Crippen LogP contribution >= 0.6 is 0 Å². The molecule has 0 fully saturated rings. The van der Waals surface area contributed by atoms with Crippen molar-refractivity contribution in [3.8, 4) is 0 Å². The number of hydrogen-bond acceptors (Lipinski definition) is 3. The molecule has 4 nitrogen and oxygen atoms in total. The molecule has 0 radical (unpaired) electrons. The molecule has 0 saturated carbocycles. The number of nitrogens with two attached hydrogens (primary N) is 1. The normalized spacial score (nSPS) is 12.1. The number of halogens is 1. The highest BCUT2D eigenvalue weighted by Gasteiger charge is 2.21. The van der Waals surface area contributed by atoms with E-state index in [0.29, 0.717) is 18.4 Å². The van der Waals surface area contributed by atoms with Crippen LogP contribution in [0.4, 0.5) is 4.39 Å². The standard InChI is InChI=1S/C12H19FN2O2S/c1-3-10(4-2)15-18(16,17)12-6-5-9(8-14)7-11(12)13/h5-7,10,15H,3-4,8,14H2,1-2H3. The van der Waals surface area contributed by atoms with Crippen molar-refractivity contribution in [2.45, 2.75) is 44.2 Å². The maximum atomic E-state index is 13.7. The van der Waals surface area contributed by atoms with Crippen LogP contribution < -0.4 is 10.5 Å². The average Bonchev–Trinajstić information content (AvgIpc) is 2.35. The minimum atomic E-state index is -3.81. The Kier molecular flexibility index (Phi) is 5.25. The van der Waals surface area contributed by atoms with E-state index >= 15 is 0 Å². The third-order valence-electron chi connectivity index (χ3n) is 2.83. The predicted molar refractivity (Wildman–Crippen MR) is 69.0 cm³/mol. The fourth-order valence-corrected chi connectivity index (χ4v) is 3.09. The quantitative estimate of drug-likeness (QED) is 0.830. The summed E-state index contributed by atoms with van der Waals surface area (Å²) in [6.07, 6.45) is 1.33. The van der Waals surface area contributed by atoms with E-state index in [2.05, 4.69) is 4.72 Å². The molecule has 102 valence electrons. The highest BCUT2D eigenvalue weighted by atomic mass is 32.2. The molecule has 1 rings (SSSR count). The summed E-state index contributed by atoms with van der Waals surface area (Å²) in [5.41, 5.74) is 5.93. The first kappa shape index (κ1) is 15.1. The van der Waals surface area contributed by atoms with E-state index in [1.807, 2.05) is 13.8 Å². The van der Waals surface area contributed by atoms with Crippen molar-refractivity contribution in [3.63, 3.8) is 0 Å². The Balaban J connectivity index is 3.05. The van der Waals surface area contributed by atoms with Gasteiger partial charge in [0.25, 0.3) is 0 Å². The van der Waals surface area contributed by atoms with E-state index in [-0.39, 0.29) is 17.5 Å². The summed E-state index contributed by atoms with van der Waals surface area (Å²) in [7, 11) is -3.81. The lowest BCUT2D eigenvalue weighted by Crippen LogP contribution is -2.34. The highest BCUT2D eigenvalue weighted by Crippen LogP contribution is 2.17. The average molecular weight is 274 g/mol. The second-order valence-corrected chi connectivity index (χ2v) is 5.79. The molecule has 0 aromatic heterocycles. The monoisotopic (exact) mass is 274 g/mol. The van der Waals surface area contributed by atoms with E-state index < -0.39 is 15.8 Å². The molecule has 0 spiro atoms. The Labute approximate surface area is 107 Å². The molecule has 1 aromatic carbocycles. The minimum absolute atomic E-state index is 0.177. The number of nitrogens with one attached hydrogen (secondary N) is 1. The third-order valence-corrected chi connectivity index (χ3v) is 4.38. The molecular formula is C12H19FN2O2S. The van der Waals surface area contributed by atoms with E-state index in [1.165, 1.54) is 12.1 Å². The third kappa shape index (κ3) is 3.51. The van der Waals surface area contributed by atoms with Crippen LogP contribution in [0.15, 0.2) is 23.1 Å². The van der Waals surface area contributed by atoms with Crippen molar-refractivity contribution in [2.24, 2.45) is 5.73 Å². The van der Waals surface area contributed by atoms with Gasteiger partial charge in [-0.05, 0) is 30.5 Å². The molecular weight excluding hydrogens is 255 g/mol. The summed E-state index contributed by atoms with van der Waals surface area (Å²) >= 11 is 0. The molecule has 0 saturated heterocycles. The Morgan fingerprint density at radius 1 is 1.33 bits per heavy atom. The molecule has 0 aliphatic rings. The molecule has 18 heavy (non-hydrogen) atoms. The van der Waals surface area contributed by atoms with Gasteiger partial charge in [0.15, 0.2) is 0 Å². The topological polar surface area (TPSA) is 72.2 Å². The molecule has 0 aliphatic carbocycles. The van der Waals surface area contributed by atoms with Crippen molar-refractivity contribution in [3.05, 3.63) is 29.6 Å². The molecule has 3 N–H and O–H groups in total. The Morgan fingerprint density at radius 3 is 2.39 bits per heavy atom. The number of hydrogen-bond donors (Lipinski definition) is 2. The van der Waals surface area contributed by atoms with Gasteiger partial charge in [0.05, 0.1) is 0 Å². The Bertz CT molecular complexity index is 499. The zero-order valence-electron chi connectivity index (χ0n) is 10.6. The smallest absolute Gasteiger partial charge is 0.243 e. The van der Waals surface area contributed by atoms with Crippen molar-refractivity contribution in [1.82, 2.24) is 4.72 Å². The van der Waals surface area contributed by atoms with Gasteiger partial charge in [0, 0.05) is 12.6 Å². The SMILES string of the molecule is CCC(CC)NS(=O)(=O)c1ccc(CN)cc1F. The lowest BCUT2D eigenvalue weighted by molar-refractivity contribution is 0.520. The van der Waals surface area contributed by atoms with Gasteiger partial charge in [-0.15, -0.1) is 0 Å². The van der Waals surface area contributed by atoms with Gasteiger partial charge in [0.1, 0.15) is 10.7 Å². The van der Waals surface area contributed by atoms with Crippen LogP contribution in [0.5, 0.6) is 0 Å². The van der Waals surface area contributed by atoms with Crippen molar-refractivity contribution >= 4 is 10.0 Å². The van der Waals surface area contributed by atoms with Crippen LogP contribution in [-0.2, 0) is 16.6 Å². The summed E-state index contributed by atoms with van der Waals surface area (Å²) in [6, 6.07) is 3.75. The number of benzene rings is 1. The lowest BCUT2D eigenvalue weighted by atomic mass is 10.2. The van der Waals surface area contributed by atoms with Crippen LogP contribution in [0.3, 0.4) is 0 Å². The van der Waals surface area contributed by atoms with E-state index in [1.54, 1.807) is 0 Å². The second kappa shape index (κ2) is 6.26. The molecule has 0 bridgehead atoms. The maximum absolute atomic E-state index is 13.7. The number of sulfonamides is 1. The minimum Gasteiger partial charge on any atom is -0.326 e. The fourth-order valence-electron chi connectivity index (χ4n) is 1.63. The van der Waals surface area contributed by atoms with Crippen LogP contribution in [-0.4, -0.2) is 14.5 Å². The first-order chi connectivity index (χ1) is 8.44. The van der Waals surface area contributed by atoms with Crippen LogP contribution in [0.2, 0.25) is 0 Å². The van der Waals surface area contributed by atoms with Gasteiger partial charge in [-0.2, -0.15) is 0 Å². The van der Waals surface area contributed by atoms with Gasteiger partial charge >= 0.3 is 0 Å². The van der Waals surface area contributed by atoms with Crippen LogP contribution in [0.25, 0.3) is 0 Å². The molecule has 0 amide bonds. The summed E-state index contributed by atoms with van der Waals surface area (Å²) in [5.74, 6) is -0.767. The molecule has 0 aliphatic heterocycles. The summed E-state index contributed by atoms with van der Waals surface area (Å²) in [5, 5.41) is 0. The molecule has 0 unspecified atom stereocenters. The maximum Gasteiger partial charge on any atom is 0.243 e. The second-order valence-electron chi connectivity index (χ2n) is 4.10. The summed E-state index contributed by atoms with van der Waals surface area (Å²) in [4.78, 5) is -0.327. The fraction of sp³-hybridized carbons (Fsp3) is 0.500.